The summed E-state index contributed by atoms with van der Waals surface area (Å²) in [6, 6.07) is 41.4. The van der Waals surface area contributed by atoms with Gasteiger partial charge in [0.05, 0.1) is 16.9 Å². The van der Waals surface area contributed by atoms with E-state index in [1.54, 1.807) is 0 Å². The topological polar surface area (TPSA) is 38.7 Å². The highest BCUT2D eigenvalue weighted by atomic mass is 14.9. The van der Waals surface area contributed by atoms with Crippen LogP contribution in [0, 0.1) is 0 Å². The van der Waals surface area contributed by atoms with Gasteiger partial charge in [-0.3, -0.25) is 4.98 Å². The van der Waals surface area contributed by atoms with Crippen molar-refractivity contribution in [1.82, 2.24) is 15.0 Å². The number of pyridine rings is 1. The van der Waals surface area contributed by atoms with Crippen LogP contribution in [0.5, 0.6) is 0 Å². The molecule has 2 aromatic heterocycles. The molecular formula is C31H21N3. The van der Waals surface area contributed by atoms with E-state index in [9.17, 15) is 0 Å². The van der Waals surface area contributed by atoms with Crippen LogP contribution in [0.2, 0.25) is 0 Å². The first-order valence-electron chi connectivity index (χ1n) is 11.3. The number of rotatable bonds is 4. The molecule has 6 rings (SSSR count). The molecule has 0 unspecified atom stereocenters. The van der Waals surface area contributed by atoms with Gasteiger partial charge in [-0.25, -0.2) is 9.97 Å². The molecule has 0 amide bonds. The summed E-state index contributed by atoms with van der Waals surface area (Å²) in [5, 5.41) is 1.14. The van der Waals surface area contributed by atoms with Crippen molar-refractivity contribution >= 4 is 10.9 Å². The van der Waals surface area contributed by atoms with Crippen molar-refractivity contribution in [3.8, 4) is 45.0 Å². The minimum atomic E-state index is 0.714. The maximum absolute atomic E-state index is 4.93. The molecule has 0 N–H and O–H groups in total. The van der Waals surface area contributed by atoms with Crippen molar-refractivity contribution in [2.75, 3.05) is 0 Å². The quantitative estimate of drug-likeness (QED) is 0.285. The van der Waals surface area contributed by atoms with E-state index < -0.39 is 0 Å². The second kappa shape index (κ2) is 8.72. The fourth-order valence-electron chi connectivity index (χ4n) is 4.24. The highest BCUT2D eigenvalue weighted by Crippen LogP contribution is 2.31. The van der Waals surface area contributed by atoms with Gasteiger partial charge in [-0.15, -0.1) is 0 Å². The fraction of sp³-hybridized carbons (Fsp3) is 0. The Labute approximate surface area is 198 Å². The maximum Gasteiger partial charge on any atom is 0.160 e. The predicted octanol–water partition coefficient (Wildman–Crippen LogP) is 7.69. The molecule has 0 aliphatic rings. The molecule has 34 heavy (non-hydrogen) atoms. The Kier molecular flexibility index (Phi) is 5.13. The zero-order valence-electron chi connectivity index (χ0n) is 18.5. The second-order valence-corrected chi connectivity index (χ2v) is 8.15. The van der Waals surface area contributed by atoms with Gasteiger partial charge in [-0.2, -0.15) is 0 Å². The van der Waals surface area contributed by atoms with E-state index in [-0.39, 0.29) is 0 Å². The average molecular weight is 436 g/mol. The Morgan fingerprint density at radius 2 is 1.06 bits per heavy atom. The lowest BCUT2D eigenvalue weighted by atomic mass is 9.99. The van der Waals surface area contributed by atoms with Gasteiger partial charge in [0.25, 0.3) is 0 Å². The van der Waals surface area contributed by atoms with Gasteiger partial charge in [-0.05, 0) is 29.3 Å². The molecule has 160 valence electrons. The molecule has 2 heterocycles. The molecule has 0 saturated carbocycles. The monoisotopic (exact) mass is 435 g/mol. The van der Waals surface area contributed by atoms with Gasteiger partial charge < -0.3 is 0 Å². The van der Waals surface area contributed by atoms with Crippen LogP contribution >= 0.6 is 0 Å². The third kappa shape index (κ3) is 3.84. The number of nitrogens with zero attached hydrogens (tertiary/aromatic N) is 3. The SMILES string of the molecule is c1ccc(-c2cc(-c3ccccc3)nc(-c3ccc(-c4cccc5ncccc45)cc3)n2)cc1. The van der Waals surface area contributed by atoms with Crippen LogP contribution in [0.1, 0.15) is 0 Å². The van der Waals surface area contributed by atoms with Crippen LogP contribution in [0.25, 0.3) is 55.9 Å². The molecule has 0 radical (unpaired) electrons. The van der Waals surface area contributed by atoms with Gasteiger partial charge in [0, 0.05) is 28.3 Å². The highest BCUT2D eigenvalue weighted by molar-refractivity contribution is 5.94. The molecule has 4 aromatic carbocycles. The van der Waals surface area contributed by atoms with Gasteiger partial charge in [0.2, 0.25) is 0 Å². The summed E-state index contributed by atoms with van der Waals surface area (Å²) < 4.78 is 0. The molecular weight excluding hydrogens is 414 g/mol. The lowest BCUT2D eigenvalue weighted by molar-refractivity contribution is 1.18. The number of fused-ring (bicyclic) bond motifs is 1. The molecule has 0 saturated heterocycles. The fourth-order valence-corrected chi connectivity index (χ4v) is 4.24. The largest absolute Gasteiger partial charge is 0.256 e. The summed E-state index contributed by atoms with van der Waals surface area (Å²) in [5.41, 5.74) is 8.26. The molecule has 0 aliphatic carbocycles. The van der Waals surface area contributed by atoms with E-state index in [0.717, 1.165) is 44.5 Å². The van der Waals surface area contributed by atoms with Gasteiger partial charge >= 0.3 is 0 Å². The summed E-state index contributed by atoms with van der Waals surface area (Å²) in [6.07, 6.45) is 1.83. The van der Waals surface area contributed by atoms with Crippen LogP contribution in [0.15, 0.2) is 128 Å². The van der Waals surface area contributed by atoms with Crippen molar-refractivity contribution in [3.63, 3.8) is 0 Å². The van der Waals surface area contributed by atoms with Crippen molar-refractivity contribution in [1.29, 1.82) is 0 Å². The normalized spacial score (nSPS) is 10.9. The molecule has 0 bridgehead atoms. The van der Waals surface area contributed by atoms with Crippen molar-refractivity contribution in [3.05, 3.63) is 128 Å². The van der Waals surface area contributed by atoms with Crippen LogP contribution in [0.4, 0.5) is 0 Å². The molecule has 0 fully saturated rings. The van der Waals surface area contributed by atoms with Gasteiger partial charge in [-0.1, -0.05) is 103 Å². The Morgan fingerprint density at radius 3 is 1.71 bits per heavy atom. The van der Waals surface area contributed by atoms with Gasteiger partial charge in [0.1, 0.15) is 0 Å². The Bertz CT molecular complexity index is 1510. The third-order valence-electron chi connectivity index (χ3n) is 5.97. The number of hydrogen-bond donors (Lipinski definition) is 0. The Hall–Kier alpha value is -4.63. The maximum atomic E-state index is 4.93. The molecule has 6 aromatic rings. The molecule has 0 atom stereocenters. The van der Waals surface area contributed by atoms with Crippen molar-refractivity contribution in [2.45, 2.75) is 0 Å². The number of hydrogen-bond acceptors (Lipinski definition) is 3. The van der Waals surface area contributed by atoms with Gasteiger partial charge in [0.15, 0.2) is 5.82 Å². The summed E-state index contributed by atoms with van der Waals surface area (Å²) in [5.74, 6) is 0.714. The first-order valence-corrected chi connectivity index (χ1v) is 11.3. The molecule has 0 aliphatic heterocycles. The summed E-state index contributed by atoms with van der Waals surface area (Å²) in [4.78, 5) is 14.4. The van der Waals surface area contributed by atoms with Crippen LogP contribution in [0.3, 0.4) is 0 Å². The first kappa shape index (κ1) is 20.0. The highest BCUT2D eigenvalue weighted by Gasteiger charge is 2.11. The second-order valence-electron chi connectivity index (χ2n) is 8.15. The minimum Gasteiger partial charge on any atom is -0.256 e. The molecule has 3 heteroatoms. The van der Waals surface area contributed by atoms with E-state index in [2.05, 4.69) is 77.8 Å². The molecule has 3 nitrogen and oxygen atoms in total. The average Bonchev–Trinajstić information content (AvgIpc) is 2.93. The predicted molar refractivity (Wildman–Crippen MR) is 139 cm³/mol. The van der Waals surface area contributed by atoms with E-state index in [4.69, 9.17) is 9.97 Å². The first-order chi connectivity index (χ1) is 16.8. The Balaban J connectivity index is 1.45. The summed E-state index contributed by atoms with van der Waals surface area (Å²) in [6.45, 7) is 0. The van der Waals surface area contributed by atoms with Crippen LogP contribution < -0.4 is 0 Å². The van der Waals surface area contributed by atoms with E-state index in [1.807, 2.05) is 54.7 Å². The lowest BCUT2D eigenvalue weighted by Gasteiger charge is -2.10. The zero-order valence-corrected chi connectivity index (χ0v) is 18.5. The summed E-state index contributed by atoms with van der Waals surface area (Å²) >= 11 is 0. The Morgan fingerprint density at radius 1 is 0.441 bits per heavy atom. The summed E-state index contributed by atoms with van der Waals surface area (Å²) in [7, 11) is 0. The van der Waals surface area contributed by atoms with Crippen LogP contribution in [-0.2, 0) is 0 Å². The van der Waals surface area contributed by atoms with E-state index >= 15 is 0 Å². The molecule has 0 spiro atoms. The smallest absolute Gasteiger partial charge is 0.160 e. The zero-order chi connectivity index (χ0) is 22.7. The standard InChI is InChI=1S/C31H21N3/c1-3-9-23(10-4-1)29-21-30(24-11-5-2-6-12-24)34-31(33-29)25-18-16-22(17-19-25)26-13-7-15-28-27(26)14-8-20-32-28/h1-21H. The van der Waals surface area contributed by atoms with Crippen LogP contribution in [-0.4, -0.2) is 15.0 Å². The van der Waals surface area contributed by atoms with E-state index in [1.165, 1.54) is 5.56 Å². The van der Waals surface area contributed by atoms with Crippen molar-refractivity contribution in [2.24, 2.45) is 0 Å². The third-order valence-corrected chi connectivity index (χ3v) is 5.97. The van der Waals surface area contributed by atoms with E-state index in [0.29, 0.717) is 5.82 Å². The lowest BCUT2D eigenvalue weighted by Crippen LogP contribution is -1.96. The number of benzene rings is 4. The number of aromatic nitrogens is 3. The minimum absolute atomic E-state index is 0.714. The van der Waals surface area contributed by atoms with Crippen molar-refractivity contribution < 1.29 is 0 Å².